The van der Waals surface area contributed by atoms with Gasteiger partial charge in [-0.05, 0) is 42.0 Å². The summed E-state index contributed by atoms with van der Waals surface area (Å²) in [7, 11) is 3.94. The van der Waals surface area contributed by atoms with Crippen LogP contribution in [0.15, 0.2) is 46.8 Å². The molecule has 3 rings (SSSR count). The van der Waals surface area contributed by atoms with Gasteiger partial charge in [-0.1, -0.05) is 29.8 Å². The van der Waals surface area contributed by atoms with Gasteiger partial charge in [-0.25, -0.2) is 0 Å². The fourth-order valence-electron chi connectivity index (χ4n) is 2.81. The van der Waals surface area contributed by atoms with Crippen LogP contribution in [-0.2, 0) is 6.42 Å². The smallest absolute Gasteiger partial charge is 0.193 e. The number of likely N-dealkylation sites (N-methyl/N-ethyl adjacent to an activating group) is 1. The zero-order valence-corrected chi connectivity index (χ0v) is 17.8. The second-order valence-corrected chi connectivity index (χ2v) is 7.41. The summed E-state index contributed by atoms with van der Waals surface area (Å²) in [5.74, 6) is 1.51. The molecule has 0 amide bonds. The van der Waals surface area contributed by atoms with E-state index in [0.717, 1.165) is 30.4 Å². The van der Waals surface area contributed by atoms with E-state index < -0.39 is 0 Å². The van der Waals surface area contributed by atoms with E-state index in [2.05, 4.69) is 51.9 Å². The van der Waals surface area contributed by atoms with E-state index in [1.165, 1.54) is 10.4 Å². The molecule has 1 heterocycles. The van der Waals surface area contributed by atoms with E-state index in [-0.39, 0.29) is 24.0 Å². The van der Waals surface area contributed by atoms with Crippen LogP contribution >= 0.6 is 46.9 Å². The molecule has 0 radical (unpaired) electrons. The Kier molecular flexibility index (Phi) is 7.37. The average molecular weight is 476 g/mol. The monoisotopic (exact) mass is 475 g/mol. The first kappa shape index (κ1) is 19.5. The summed E-state index contributed by atoms with van der Waals surface area (Å²) in [5.41, 5.74) is 1.31. The molecule has 1 saturated carbocycles. The predicted octanol–water partition coefficient (Wildman–Crippen LogP) is 4.63. The number of aliphatic imine (C=N–C) groups is 1. The SMILES string of the molecule is CN=C(NC1CC1c1cccc(Cl)c1)N(C)CCc1cccs1.I. The fourth-order valence-corrected chi connectivity index (χ4v) is 3.71. The minimum Gasteiger partial charge on any atom is -0.353 e. The standard InChI is InChI=1S/C18H22ClN3S.HI/c1-20-18(22(2)9-8-15-7-4-10-23-15)21-17-12-16(17)13-5-3-6-14(19)11-13;/h3-7,10-11,16-17H,8-9,12H2,1-2H3,(H,20,21);1H. The van der Waals surface area contributed by atoms with Crippen LogP contribution in [0.25, 0.3) is 0 Å². The third-order valence-electron chi connectivity index (χ3n) is 4.23. The first-order valence-corrected chi connectivity index (χ1v) is 9.15. The maximum Gasteiger partial charge on any atom is 0.193 e. The lowest BCUT2D eigenvalue weighted by molar-refractivity contribution is 0.485. The minimum atomic E-state index is 0. The highest BCUT2D eigenvalue weighted by atomic mass is 127. The van der Waals surface area contributed by atoms with Crippen LogP contribution in [-0.4, -0.2) is 37.5 Å². The Labute approximate surface area is 170 Å². The Morgan fingerprint density at radius 2 is 2.21 bits per heavy atom. The molecule has 6 heteroatoms. The number of nitrogens with one attached hydrogen (secondary N) is 1. The van der Waals surface area contributed by atoms with Crippen molar-refractivity contribution in [3.63, 3.8) is 0 Å². The van der Waals surface area contributed by atoms with Crippen LogP contribution in [0.2, 0.25) is 5.02 Å². The highest BCUT2D eigenvalue weighted by molar-refractivity contribution is 14.0. The topological polar surface area (TPSA) is 27.6 Å². The number of benzene rings is 1. The van der Waals surface area contributed by atoms with Crippen molar-refractivity contribution >= 4 is 52.9 Å². The summed E-state index contributed by atoms with van der Waals surface area (Å²) in [5, 5.41) is 6.51. The lowest BCUT2D eigenvalue weighted by Gasteiger charge is -2.22. The van der Waals surface area contributed by atoms with Gasteiger partial charge in [-0.15, -0.1) is 35.3 Å². The highest BCUT2D eigenvalue weighted by Crippen LogP contribution is 2.41. The van der Waals surface area contributed by atoms with Gasteiger partial charge in [-0.2, -0.15) is 0 Å². The second-order valence-electron chi connectivity index (χ2n) is 5.95. The normalized spacial score (nSPS) is 19.5. The predicted molar refractivity (Wildman–Crippen MR) is 115 cm³/mol. The number of thiophene rings is 1. The lowest BCUT2D eigenvalue weighted by Crippen LogP contribution is -2.41. The van der Waals surface area contributed by atoms with Gasteiger partial charge in [0.25, 0.3) is 0 Å². The Balaban J connectivity index is 0.00000208. The van der Waals surface area contributed by atoms with Gasteiger partial charge >= 0.3 is 0 Å². The van der Waals surface area contributed by atoms with Crippen LogP contribution in [0.3, 0.4) is 0 Å². The molecule has 3 nitrogen and oxygen atoms in total. The maximum atomic E-state index is 6.09. The van der Waals surface area contributed by atoms with E-state index in [4.69, 9.17) is 11.6 Å². The molecule has 1 aromatic carbocycles. The highest BCUT2D eigenvalue weighted by Gasteiger charge is 2.39. The molecule has 0 aliphatic heterocycles. The van der Waals surface area contributed by atoms with Crippen molar-refractivity contribution in [1.29, 1.82) is 0 Å². The van der Waals surface area contributed by atoms with Crippen LogP contribution < -0.4 is 5.32 Å². The zero-order valence-electron chi connectivity index (χ0n) is 13.9. The lowest BCUT2D eigenvalue weighted by atomic mass is 10.1. The molecule has 130 valence electrons. The third kappa shape index (κ3) is 5.10. The van der Waals surface area contributed by atoms with Crippen molar-refractivity contribution in [3.8, 4) is 0 Å². The largest absolute Gasteiger partial charge is 0.353 e. The third-order valence-corrected chi connectivity index (χ3v) is 5.40. The Hall–Kier alpha value is -0.790. The number of hydrogen-bond donors (Lipinski definition) is 1. The molecule has 0 bridgehead atoms. The fraction of sp³-hybridized carbons (Fsp3) is 0.389. The maximum absolute atomic E-state index is 6.09. The van der Waals surface area contributed by atoms with E-state index in [0.29, 0.717) is 12.0 Å². The summed E-state index contributed by atoms with van der Waals surface area (Å²) < 4.78 is 0. The van der Waals surface area contributed by atoms with E-state index in [1.807, 2.05) is 30.5 Å². The average Bonchev–Trinajstić information content (AvgIpc) is 3.12. The van der Waals surface area contributed by atoms with E-state index in [9.17, 15) is 0 Å². The van der Waals surface area contributed by atoms with Crippen LogP contribution in [0.1, 0.15) is 22.8 Å². The Morgan fingerprint density at radius 1 is 1.38 bits per heavy atom. The van der Waals surface area contributed by atoms with Gasteiger partial charge in [0.15, 0.2) is 5.96 Å². The van der Waals surface area contributed by atoms with Gasteiger partial charge in [0, 0.05) is 42.5 Å². The van der Waals surface area contributed by atoms with Crippen molar-refractivity contribution in [3.05, 3.63) is 57.2 Å². The number of hydrogen-bond acceptors (Lipinski definition) is 2. The molecule has 2 atom stereocenters. The number of halogens is 2. The van der Waals surface area contributed by atoms with Crippen molar-refractivity contribution in [2.45, 2.75) is 24.8 Å². The quantitative estimate of drug-likeness (QED) is 0.388. The second kappa shape index (κ2) is 9.06. The number of nitrogens with zero attached hydrogens (tertiary/aromatic N) is 2. The summed E-state index contributed by atoms with van der Waals surface area (Å²) in [6.45, 7) is 0.967. The van der Waals surface area contributed by atoms with Gasteiger partial charge in [-0.3, -0.25) is 4.99 Å². The Bertz CT molecular complexity index is 675. The molecular weight excluding hydrogens is 453 g/mol. The molecular formula is C18H23ClIN3S. The van der Waals surface area contributed by atoms with Crippen LogP contribution in [0.4, 0.5) is 0 Å². The molecule has 2 aromatic rings. The van der Waals surface area contributed by atoms with Crippen molar-refractivity contribution in [2.75, 3.05) is 20.6 Å². The van der Waals surface area contributed by atoms with Crippen LogP contribution in [0, 0.1) is 0 Å². The summed E-state index contributed by atoms with van der Waals surface area (Å²) >= 11 is 7.90. The molecule has 0 spiro atoms. The van der Waals surface area contributed by atoms with Crippen molar-refractivity contribution in [1.82, 2.24) is 10.2 Å². The molecule has 2 unspecified atom stereocenters. The number of rotatable bonds is 5. The summed E-state index contributed by atoms with van der Waals surface area (Å²) in [4.78, 5) is 8.04. The van der Waals surface area contributed by atoms with Gasteiger partial charge in [0.05, 0.1) is 0 Å². The summed E-state index contributed by atoms with van der Waals surface area (Å²) in [6, 6.07) is 12.9. The van der Waals surface area contributed by atoms with Crippen LogP contribution in [0.5, 0.6) is 0 Å². The zero-order chi connectivity index (χ0) is 16.2. The molecule has 0 saturated heterocycles. The minimum absolute atomic E-state index is 0. The molecule has 1 fully saturated rings. The van der Waals surface area contributed by atoms with E-state index >= 15 is 0 Å². The molecule has 1 aliphatic rings. The van der Waals surface area contributed by atoms with Gasteiger partial charge < -0.3 is 10.2 Å². The summed E-state index contributed by atoms with van der Waals surface area (Å²) in [6.07, 6.45) is 2.19. The van der Waals surface area contributed by atoms with Gasteiger partial charge in [0.1, 0.15) is 0 Å². The first-order chi connectivity index (χ1) is 11.2. The van der Waals surface area contributed by atoms with Crippen molar-refractivity contribution in [2.24, 2.45) is 4.99 Å². The van der Waals surface area contributed by atoms with E-state index in [1.54, 1.807) is 0 Å². The Morgan fingerprint density at radius 3 is 2.88 bits per heavy atom. The van der Waals surface area contributed by atoms with Crippen molar-refractivity contribution < 1.29 is 0 Å². The first-order valence-electron chi connectivity index (χ1n) is 7.89. The number of guanidine groups is 1. The molecule has 1 aliphatic carbocycles. The molecule has 1 N–H and O–H groups in total. The molecule has 24 heavy (non-hydrogen) atoms. The molecule has 1 aromatic heterocycles. The van der Waals surface area contributed by atoms with Gasteiger partial charge in [0.2, 0.25) is 0 Å².